The summed E-state index contributed by atoms with van der Waals surface area (Å²) >= 11 is 0. The van der Waals surface area contributed by atoms with Crippen LogP contribution in [-0.2, 0) is 29.0 Å². The van der Waals surface area contributed by atoms with Gasteiger partial charge >= 0.3 is 0 Å². The number of nitrogens with zero attached hydrogens (tertiary/aromatic N) is 1. The third-order valence-corrected chi connectivity index (χ3v) is 4.14. The topological polar surface area (TPSA) is 63.4 Å². The second-order valence-corrected chi connectivity index (χ2v) is 5.72. The lowest BCUT2D eigenvalue weighted by Crippen LogP contribution is -2.51. The first-order valence-corrected chi connectivity index (χ1v) is 7.44. The zero-order chi connectivity index (χ0) is 16.4. The summed E-state index contributed by atoms with van der Waals surface area (Å²) in [6.45, 7) is 0.345. The Morgan fingerprint density at radius 3 is 2.57 bits per heavy atom. The van der Waals surface area contributed by atoms with Gasteiger partial charge in [0.05, 0.1) is 6.42 Å². The molecule has 3 rings (SSSR count). The van der Waals surface area contributed by atoms with Gasteiger partial charge in [0.2, 0.25) is 11.8 Å². The molecular formula is C18H17FN2O2. The second kappa shape index (κ2) is 6.20. The standard InChI is InChI=1S/C18H17FN2O2/c19-15-7-3-4-12(8-15)9-17(22)21-11-14-6-2-1-5-13(14)10-16(21)18(20)23/h1-8,16H,9-11H2,(H2,20,23)/t16-/m1/s1. The molecule has 2 aromatic carbocycles. The Labute approximate surface area is 133 Å². The number of halogens is 1. The van der Waals surface area contributed by atoms with Gasteiger partial charge in [0.1, 0.15) is 11.9 Å². The molecule has 0 aromatic heterocycles. The third-order valence-electron chi connectivity index (χ3n) is 4.14. The smallest absolute Gasteiger partial charge is 0.240 e. The molecule has 0 radical (unpaired) electrons. The van der Waals surface area contributed by atoms with Gasteiger partial charge in [0, 0.05) is 13.0 Å². The number of carbonyl (C=O) groups is 2. The average molecular weight is 312 g/mol. The molecule has 1 atom stereocenters. The third kappa shape index (κ3) is 3.23. The van der Waals surface area contributed by atoms with E-state index in [1.165, 1.54) is 17.0 Å². The van der Waals surface area contributed by atoms with Crippen LogP contribution in [0, 0.1) is 5.82 Å². The molecule has 23 heavy (non-hydrogen) atoms. The Morgan fingerprint density at radius 2 is 1.87 bits per heavy atom. The average Bonchev–Trinajstić information content (AvgIpc) is 2.53. The molecular weight excluding hydrogens is 295 g/mol. The number of rotatable bonds is 3. The van der Waals surface area contributed by atoms with Crippen molar-refractivity contribution in [3.05, 3.63) is 71.0 Å². The normalized spacial score (nSPS) is 16.7. The van der Waals surface area contributed by atoms with Crippen molar-refractivity contribution in [2.75, 3.05) is 0 Å². The molecule has 5 heteroatoms. The first kappa shape index (κ1) is 15.2. The first-order valence-electron chi connectivity index (χ1n) is 7.44. The Hall–Kier alpha value is -2.69. The van der Waals surface area contributed by atoms with E-state index in [2.05, 4.69) is 0 Å². The summed E-state index contributed by atoms with van der Waals surface area (Å²) in [5.74, 6) is -1.13. The van der Waals surface area contributed by atoms with Crippen LogP contribution in [0.15, 0.2) is 48.5 Å². The number of benzene rings is 2. The quantitative estimate of drug-likeness (QED) is 0.939. The highest BCUT2D eigenvalue weighted by atomic mass is 19.1. The molecule has 0 spiro atoms. The van der Waals surface area contributed by atoms with Gasteiger partial charge in [-0.3, -0.25) is 9.59 Å². The number of nitrogens with two attached hydrogens (primary N) is 1. The summed E-state index contributed by atoms with van der Waals surface area (Å²) in [5.41, 5.74) is 8.10. The minimum atomic E-state index is -0.661. The maximum Gasteiger partial charge on any atom is 0.240 e. The van der Waals surface area contributed by atoms with Crippen LogP contribution in [0.4, 0.5) is 4.39 Å². The SMILES string of the molecule is NC(=O)[C@H]1Cc2ccccc2CN1C(=O)Cc1cccc(F)c1. The highest BCUT2D eigenvalue weighted by Gasteiger charge is 2.33. The molecule has 1 aliphatic rings. The van der Waals surface area contributed by atoms with Crippen LogP contribution in [0.25, 0.3) is 0 Å². The van der Waals surface area contributed by atoms with Crippen LogP contribution in [0.3, 0.4) is 0 Å². The number of fused-ring (bicyclic) bond motifs is 1. The van der Waals surface area contributed by atoms with E-state index in [0.717, 1.165) is 11.1 Å². The Kier molecular flexibility index (Phi) is 4.10. The lowest BCUT2D eigenvalue weighted by Gasteiger charge is -2.35. The number of amides is 2. The fourth-order valence-electron chi connectivity index (χ4n) is 2.96. The summed E-state index contributed by atoms with van der Waals surface area (Å²) in [7, 11) is 0. The molecule has 0 saturated carbocycles. The van der Waals surface area contributed by atoms with Crippen molar-refractivity contribution >= 4 is 11.8 Å². The van der Waals surface area contributed by atoms with Crippen LogP contribution in [0.2, 0.25) is 0 Å². The summed E-state index contributed by atoms with van der Waals surface area (Å²) in [6, 6.07) is 12.9. The lowest BCUT2D eigenvalue weighted by molar-refractivity contribution is -0.140. The highest BCUT2D eigenvalue weighted by molar-refractivity contribution is 5.88. The van der Waals surface area contributed by atoms with Crippen LogP contribution in [-0.4, -0.2) is 22.8 Å². The van der Waals surface area contributed by atoms with Gasteiger partial charge in [0.25, 0.3) is 0 Å². The van der Waals surface area contributed by atoms with Crippen LogP contribution >= 0.6 is 0 Å². The van der Waals surface area contributed by atoms with E-state index < -0.39 is 11.9 Å². The number of carbonyl (C=O) groups excluding carboxylic acids is 2. The molecule has 2 amide bonds. The van der Waals surface area contributed by atoms with Crippen LogP contribution in [0.5, 0.6) is 0 Å². The van der Waals surface area contributed by atoms with E-state index in [-0.39, 0.29) is 18.1 Å². The maximum atomic E-state index is 13.3. The summed E-state index contributed by atoms with van der Waals surface area (Å²) in [4.78, 5) is 25.8. The Bertz CT molecular complexity index is 760. The number of hydrogen-bond donors (Lipinski definition) is 1. The van der Waals surface area contributed by atoms with E-state index in [4.69, 9.17) is 5.73 Å². The van der Waals surface area contributed by atoms with Crippen molar-refractivity contribution in [1.82, 2.24) is 4.90 Å². The second-order valence-electron chi connectivity index (χ2n) is 5.72. The van der Waals surface area contributed by atoms with E-state index in [1.807, 2.05) is 24.3 Å². The van der Waals surface area contributed by atoms with Gasteiger partial charge in [-0.15, -0.1) is 0 Å². The molecule has 0 aliphatic carbocycles. The molecule has 1 aliphatic heterocycles. The molecule has 0 unspecified atom stereocenters. The molecule has 2 aromatic rings. The first-order chi connectivity index (χ1) is 11.0. The van der Waals surface area contributed by atoms with E-state index in [9.17, 15) is 14.0 Å². The van der Waals surface area contributed by atoms with Crippen molar-refractivity contribution < 1.29 is 14.0 Å². The molecule has 118 valence electrons. The summed E-state index contributed by atoms with van der Waals surface area (Å²) < 4.78 is 13.3. The summed E-state index contributed by atoms with van der Waals surface area (Å²) in [5, 5.41) is 0. The molecule has 4 nitrogen and oxygen atoms in total. The van der Waals surface area contributed by atoms with Crippen LogP contribution < -0.4 is 5.73 Å². The zero-order valence-electron chi connectivity index (χ0n) is 12.5. The fourth-order valence-corrected chi connectivity index (χ4v) is 2.96. The molecule has 2 N–H and O–H groups in total. The lowest BCUT2D eigenvalue weighted by atomic mass is 9.93. The molecule has 0 saturated heterocycles. The van der Waals surface area contributed by atoms with E-state index >= 15 is 0 Å². The van der Waals surface area contributed by atoms with E-state index in [1.54, 1.807) is 12.1 Å². The van der Waals surface area contributed by atoms with Gasteiger partial charge in [-0.1, -0.05) is 36.4 Å². The van der Waals surface area contributed by atoms with Gasteiger partial charge in [-0.2, -0.15) is 0 Å². The van der Waals surface area contributed by atoms with E-state index in [0.29, 0.717) is 18.5 Å². The zero-order valence-corrected chi connectivity index (χ0v) is 12.5. The Balaban J connectivity index is 1.84. The highest BCUT2D eigenvalue weighted by Crippen LogP contribution is 2.24. The van der Waals surface area contributed by atoms with Gasteiger partial charge in [-0.05, 0) is 28.8 Å². The molecule has 1 heterocycles. The van der Waals surface area contributed by atoms with Crippen LogP contribution in [0.1, 0.15) is 16.7 Å². The Morgan fingerprint density at radius 1 is 1.13 bits per heavy atom. The largest absolute Gasteiger partial charge is 0.368 e. The maximum absolute atomic E-state index is 13.3. The predicted octanol–water partition coefficient (Wildman–Crippen LogP) is 1.81. The minimum Gasteiger partial charge on any atom is -0.368 e. The minimum absolute atomic E-state index is 0.0453. The predicted molar refractivity (Wildman–Crippen MR) is 83.8 cm³/mol. The monoisotopic (exact) mass is 312 g/mol. The number of primary amides is 1. The van der Waals surface area contributed by atoms with Crippen molar-refractivity contribution in [3.63, 3.8) is 0 Å². The van der Waals surface area contributed by atoms with Crippen molar-refractivity contribution in [3.8, 4) is 0 Å². The van der Waals surface area contributed by atoms with Crippen molar-refractivity contribution in [2.45, 2.75) is 25.4 Å². The molecule has 0 fully saturated rings. The van der Waals surface area contributed by atoms with Gasteiger partial charge < -0.3 is 10.6 Å². The molecule has 0 bridgehead atoms. The fraction of sp³-hybridized carbons (Fsp3) is 0.222. The van der Waals surface area contributed by atoms with Crippen molar-refractivity contribution in [2.24, 2.45) is 5.73 Å². The van der Waals surface area contributed by atoms with Gasteiger partial charge in [0.15, 0.2) is 0 Å². The van der Waals surface area contributed by atoms with Gasteiger partial charge in [-0.25, -0.2) is 4.39 Å². The number of hydrogen-bond acceptors (Lipinski definition) is 2. The van der Waals surface area contributed by atoms with Crippen molar-refractivity contribution in [1.29, 1.82) is 0 Å². The summed E-state index contributed by atoms with van der Waals surface area (Å²) in [6.07, 6.45) is 0.462.